The van der Waals surface area contributed by atoms with Crippen LogP contribution in [0.15, 0.2) is 75.5 Å². The molecule has 3 heteroatoms. The number of benzene rings is 2. The number of hydrogen-bond acceptors (Lipinski definition) is 3. The zero-order chi connectivity index (χ0) is 14.7. The molecule has 0 aliphatic carbocycles. The van der Waals surface area contributed by atoms with E-state index in [0.717, 1.165) is 28.3 Å². The van der Waals surface area contributed by atoms with Crippen LogP contribution in [0.2, 0.25) is 0 Å². The lowest BCUT2D eigenvalue weighted by molar-refractivity contribution is 0.582. The molecule has 104 valence electrons. The normalized spacial score (nSPS) is 11.1. The fraction of sp³-hybridized carbons (Fsp3) is 0.111. The molecule has 2 aromatic carbocycles. The summed E-state index contributed by atoms with van der Waals surface area (Å²) >= 11 is 0. The van der Waals surface area contributed by atoms with Crippen molar-refractivity contribution in [3.05, 3.63) is 72.0 Å². The first kappa shape index (κ1) is 13.3. The molecule has 0 fully saturated rings. The third kappa shape index (κ3) is 3.08. The molecule has 0 amide bonds. The quantitative estimate of drug-likeness (QED) is 0.542. The van der Waals surface area contributed by atoms with Gasteiger partial charge in [-0.2, -0.15) is 5.11 Å². The molecule has 0 spiro atoms. The van der Waals surface area contributed by atoms with Crippen molar-refractivity contribution in [2.75, 3.05) is 0 Å². The van der Waals surface area contributed by atoms with Crippen LogP contribution in [0.4, 0.5) is 11.4 Å². The first-order valence-electron chi connectivity index (χ1n) is 6.85. The van der Waals surface area contributed by atoms with Gasteiger partial charge in [0, 0.05) is 5.56 Å². The first-order valence-corrected chi connectivity index (χ1v) is 6.85. The maximum absolute atomic E-state index is 5.47. The van der Waals surface area contributed by atoms with E-state index in [2.05, 4.69) is 17.2 Å². The molecule has 3 rings (SSSR count). The lowest BCUT2D eigenvalue weighted by Gasteiger charge is -2.03. The molecule has 3 nitrogen and oxygen atoms in total. The largest absolute Gasteiger partial charge is 0.464 e. The monoisotopic (exact) mass is 276 g/mol. The summed E-state index contributed by atoms with van der Waals surface area (Å²) in [5.41, 5.74) is 4.95. The Labute approximate surface area is 124 Å². The second-order valence-electron chi connectivity index (χ2n) is 5.03. The van der Waals surface area contributed by atoms with E-state index >= 15 is 0 Å². The smallest absolute Gasteiger partial charge is 0.136 e. The predicted molar refractivity (Wildman–Crippen MR) is 84.2 cm³/mol. The summed E-state index contributed by atoms with van der Waals surface area (Å²) < 4.78 is 5.47. The van der Waals surface area contributed by atoms with E-state index in [1.807, 2.05) is 61.5 Å². The van der Waals surface area contributed by atoms with Gasteiger partial charge in [0.05, 0.1) is 17.6 Å². The molecular weight excluding hydrogens is 260 g/mol. The fourth-order valence-electron chi connectivity index (χ4n) is 2.09. The summed E-state index contributed by atoms with van der Waals surface area (Å²) in [6, 6.07) is 17.8. The Balaban J connectivity index is 1.98. The average Bonchev–Trinajstić information content (AvgIpc) is 3.01. The van der Waals surface area contributed by atoms with E-state index < -0.39 is 0 Å². The standard InChI is InChI=1S/C18H16N2O/c1-13-5-8-15(9-6-13)19-20-17-12-14(2)7-10-16(17)18-4-3-11-21-18/h3-12H,1-2H3. The van der Waals surface area contributed by atoms with Gasteiger partial charge in [-0.25, -0.2) is 0 Å². The zero-order valence-electron chi connectivity index (χ0n) is 12.1. The lowest BCUT2D eigenvalue weighted by atomic mass is 10.1. The number of furan rings is 1. The molecule has 1 aromatic heterocycles. The van der Waals surface area contributed by atoms with Crippen LogP contribution >= 0.6 is 0 Å². The Morgan fingerprint density at radius 3 is 2.29 bits per heavy atom. The van der Waals surface area contributed by atoms with Gasteiger partial charge in [0.25, 0.3) is 0 Å². The third-order valence-electron chi connectivity index (χ3n) is 3.25. The van der Waals surface area contributed by atoms with Crippen molar-refractivity contribution in [1.29, 1.82) is 0 Å². The van der Waals surface area contributed by atoms with Gasteiger partial charge >= 0.3 is 0 Å². The van der Waals surface area contributed by atoms with E-state index in [1.54, 1.807) is 6.26 Å². The topological polar surface area (TPSA) is 37.9 Å². The molecule has 0 bridgehead atoms. The van der Waals surface area contributed by atoms with E-state index in [4.69, 9.17) is 4.42 Å². The summed E-state index contributed by atoms with van der Waals surface area (Å²) in [5.74, 6) is 0.799. The van der Waals surface area contributed by atoms with Crippen LogP contribution in [-0.4, -0.2) is 0 Å². The zero-order valence-corrected chi connectivity index (χ0v) is 12.1. The van der Waals surface area contributed by atoms with Crippen molar-refractivity contribution < 1.29 is 4.42 Å². The van der Waals surface area contributed by atoms with E-state index in [0.29, 0.717) is 0 Å². The number of rotatable bonds is 3. The van der Waals surface area contributed by atoms with Crippen molar-refractivity contribution in [3.63, 3.8) is 0 Å². The molecule has 3 aromatic rings. The Kier molecular flexibility index (Phi) is 3.65. The molecule has 0 saturated heterocycles. The van der Waals surface area contributed by atoms with Crippen LogP contribution < -0.4 is 0 Å². The van der Waals surface area contributed by atoms with Crippen LogP contribution in [0.3, 0.4) is 0 Å². The van der Waals surface area contributed by atoms with Crippen LogP contribution in [0, 0.1) is 13.8 Å². The van der Waals surface area contributed by atoms with Crippen molar-refractivity contribution >= 4 is 11.4 Å². The second kappa shape index (κ2) is 5.75. The number of nitrogens with zero attached hydrogens (tertiary/aromatic N) is 2. The van der Waals surface area contributed by atoms with Gasteiger partial charge in [0.15, 0.2) is 0 Å². The van der Waals surface area contributed by atoms with Crippen LogP contribution in [0.25, 0.3) is 11.3 Å². The number of aryl methyl sites for hydroxylation is 2. The summed E-state index contributed by atoms with van der Waals surface area (Å²) in [6.07, 6.45) is 1.66. The molecule has 0 saturated carbocycles. The molecule has 0 radical (unpaired) electrons. The molecule has 0 aliphatic heterocycles. The molecule has 1 heterocycles. The van der Waals surface area contributed by atoms with Crippen molar-refractivity contribution in [3.8, 4) is 11.3 Å². The maximum Gasteiger partial charge on any atom is 0.136 e. The minimum absolute atomic E-state index is 0.799. The third-order valence-corrected chi connectivity index (χ3v) is 3.25. The molecule has 0 atom stereocenters. The van der Waals surface area contributed by atoms with Crippen molar-refractivity contribution in [2.24, 2.45) is 10.2 Å². The van der Waals surface area contributed by atoms with Crippen LogP contribution in [0.1, 0.15) is 11.1 Å². The summed E-state index contributed by atoms with van der Waals surface area (Å²) in [6.45, 7) is 4.09. The molecule has 0 unspecified atom stereocenters. The van der Waals surface area contributed by atoms with E-state index in [9.17, 15) is 0 Å². The molecule has 21 heavy (non-hydrogen) atoms. The SMILES string of the molecule is Cc1ccc(N=Nc2cc(C)ccc2-c2ccco2)cc1. The van der Waals surface area contributed by atoms with E-state index in [-0.39, 0.29) is 0 Å². The average molecular weight is 276 g/mol. The second-order valence-corrected chi connectivity index (χ2v) is 5.03. The highest BCUT2D eigenvalue weighted by atomic mass is 16.3. The van der Waals surface area contributed by atoms with Crippen LogP contribution in [0.5, 0.6) is 0 Å². The van der Waals surface area contributed by atoms with Gasteiger partial charge in [0.1, 0.15) is 5.76 Å². The Morgan fingerprint density at radius 1 is 0.810 bits per heavy atom. The van der Waals surface area contributed by atoms with Gasteiger partial charge in [-0.05, 0) is 55.8 Å². The number of hydrogen-bond donors (Lipinski definition) is 0. The van der Waals surface area contributed by atoms with Gasteiger partial charge in [-0.15, -0.1) is 5.11 Å². The predicted octanol–water partition coefficient (Wildman–Crippen LogP) is 5.98. The molecule has 0 N–H and O–H groups in total. The summed E-state index contributed by atoms with van der Waals surface area (Å²) in [4.78, 5) is 0. The van der Waals surface area contributed by atoms with Gasteiger partial charge in [-0.3, -0.25) is 0 Å². The number of azo groups is 1. The van der Waals surface area contributed by atoms with Crippen molar-refractivity contribution in [1.82, 2.24) is 0 Å². The minimum Gasteiger partial charge on any atom is -0.464 e. The van der Waals surface area contributed by atoms with Gasteiger partial charge in [-0.1, -0.05) is 23.8 Å². The van der Waals surface area contributed by atoms with Crippen LogP contribution in [-0.2, 0) is 0 Å². The first-order chi connectivity index (χ1) is 10.2. The molecule has 0 aliphatic rings. The highest BCUT2D eigenvalue weighted by molar-refractivity contribution is 5.72. The minimum atomic E-state index is 0.799. The Morgan fingerprint density at radius 2 is 1.57 bits per heavy atom. The maximum atomic E-state index is 5.47. The molecular formula is C18H16N2O. The Bertz CT molecular complexity index is 756. The van der Waals surface area contributed by atoms with E-state index in [1.165, 1.54) is 5.56 Å². The van der Waals surface area contributed by atoms with Gasteiger partial charge < -0.3 is 4.42 Å². The summed E-state index contributed by atoms with van der Waals surface area (Å²) in [7, 11) is 0. The highest BCUT2D eigenvalue weighted by Crippen LogP contribution is 2.32. The fourth-order valence-corrected chi connectivity index (χ4v) is 2.09. The Hall–Kier alpha value is -2.68. The highest BCUT2D eigenvalue weighted by Gasteiger charge is 2.07. The van der Waals surface area contributed by atoms with Gasteiger partial charge in [0.2, 0.25) is 0 Å². The summed E-state index contributed by atoms with van der Waals surface area (Å²) in [5, 5.41) is 8.70. The van der Waals surface area contributed by atoms with Crippen molar-refractivity contribution in [2.45, 2.75) is 13.8 Å². The lowest BCUT2D eigenvalue weighted by Crippen LogP contribution is -1.78.